The second kappa shape index (κ2) is 8.57. The fourth-order valence-corrected chi connectivity index (χ4v) is 5.50. The number of hydrogen-bond donors (Lipinski definition) is 2. The van der Waals surface area contributed by atoms with Crippen LogP contribution in [0.5, 0.6) is 0 Å². The van der Waals surface area contributed by atoms with Gasteiger partial charge in [0, 0.05) is 29.8 Å². The van der Waals surface area contributed by atoms with Gasteiger partial charge in [-0.25, -0.2) is 4.98 Å². The summed E-state index contributed by atoms with van der Waals surface area (Å²) in [6.07, 6.45) is 11.1. The van der Waals surface area contributed by atoms with Gasteiger partial charge in [-0.2, -0.15) is 10.1 Å². The summed E-state index contributed by atoms with van der Waals surface area (Å²) in [5, 5.41) is 18.7. The normalized spacial score (nSPS) is 20.5. The first kappa shape index (κ1) is 20.3. The van der Waals surface area contributed by atoms with E-state index in [4.69, 9.17) is 14.4 Å². The standard InChI is InChI=1S/C23H28N8O2/c32-19(12-21-30-24-13-33-21)18-9-4-10-31(18)23-25-16-8-3-7-15(16)22(27-23)26-20-11-17(28-29-20)14-5-1-2-6-14/h11,13-14,18H,1-10,12H2,(H2,25,26,27,28,29). The smallest absolute Gasteiger partial charge is 0.228 e. The van der Waals surface area contributed by atoms with Crippen molar-refractivity contribution in [2.75, 3.05) is 16.8 Å². The van der Waals surface area contributed by atoms with Gasteiger partial charge in [-0.3, -0.25) is 9.89 Å². The molecule has 3 aromatic rings. The number of nitrogens with zero attached hydrogens (tertiary/aromatic N) is 6. The molecule has 0 amide bonds. The maximum Gasteiger partial charge on any atom is 0.228 e. The molecule has 0 aromatic carbocycles. The van der Waals surface area contributed by atoms with Crippen LogP contribution in [0.15, 0.2) is 16.9 Å². The van der Waals surface area contributed by atoms with Gasteiger partial charge in [-0.1, -0.05) is 12.8 Å². The number of aryl methyl sites for hydroxylation is 1. The molecule has 2 aliphatic carbocycles. The summed E-state index contributed by atoms with van der Waals surface area (Å²) in [5.74, 6) is 3.21. The molecular formula is C23H28N8O2. The van der Waals surface area contributed by atoms with Gasteiger partial charge >= 0.3 is 0 Å². The lowest BCUT2D eigenvalue weighted by Crippen LogP contribution is -2.38. The van der Waals surface area contributed by atoms with Crippen molar-refractivity contribution in [2.45, 2.75) is 76.2 Å². The summed E-state index contributed by atoms with van der Waals surface area (Å²) >= 11 is 0. The monoisotopic (exact) mass is 448 g/mol. The maximum atomic E-state index is 13.0. The van der Waals surface area contributed by atoms with E-state index in [2.05, 4.69) is 31.8 Å². The van der Waals surface area contributed by atoms with Crippen molar-refractivity contribution in [1.29, 1.82) is 0 Å². The number of ketones is 1. The van der Waals surface area contributed by atoms with Crippen LogP contribution in [0.3, 0.4) is 0 Å². The molecule has 3 aliphatic rings. The summed E-state index contributed by atoms with van der Waals surface area (Å²) in [5.41, 5.74) is 3.44. The van der Waals surface area contributed by atoms with Gasteiger partial charge in [0.2, 0.25) is 18.2 Å². The van der Waals surface area contributed by atoms with Crippen LogP contribution in [0, 0.1) is 0 Å². The molecule has 0 radical (unpaired) electrons. The van der Waals surface area contributed by atoms with E-state index in [9.17, 15) is 4.79 Å². The van der Waals surface area contributed by atoms with E-state index < -0.39 is 0 Å². The molecule has 0 bridgehead atoms. The molecule has 3 aromatic heterocycles. The lowest BCUT2D eigenvalue weighted by Gasteiger charge is -2.24. The van der Waals surface area contributed by atoms with Crippen molar-refractivity contribution in [3.8, 4) is 0 Å². The summed E-state index contributed by atoms with van der Waals surface area (Å²) in [6.45, 7) is 0.757. The zero-order valence-electron chi connectivity index (χ0n) is 18.6. The Kier molecular flexibility index (Phi) is 5.27. The van der Waals surface area contributed by atoms with Crippen LogP contribution in [0.4, 0.5) is 17.6 Å². The van der Waals surface area contributed by atoms with E-state index in [1.165, 1.54) is 37.8 Å². The predicted octanol–water partition coefficient (Wildman–Crippen LogP) is 3.25. The minimum absolute atomic E-state index is 0.0591. The highest BCUT2D eigenvalue weighted by Gasteiger charge is 2.34. The van der Waals surface area contributed by atoms with Crippen LogP contribution in [0.1, 0.15) is 73.7 Å². The number of H-pyrrole nitrogens is 1. The van der Waals surface area contributed by atoms with Crippen LogP contribution in [-0.4, -0.2) is 48.7 Å². The zero-order valence-corrected chi connectivity index (χ0v) is 18.6. The molecular weight excluding hydrogens is 420 g/mol. The van der Waals surface area contributed by atoms with Gasteiger partial charge in [-0.05, 0) is 44.9 Å². The summed E-state index contributed by atoms with van der Waals surface area (Å²) in [7, 11) is 0. The predicted molar refractivity (Wildman–Crippen MR) is 121 cm³/mol. The topological polar surface area (TPSA) is 126 Å². The van der Waals surface area contributed by atoms with Crippen LogP contribution in [-0.2, 0) is 24.1 Å². The van der Waals surface area contributed by atoms with E-state index in [-0.39, 0.29) is 18.2 Å². The van der Waals surface area contributed by atoms with Crippen molar-refractivity contribution in [3.63, 3.8) is 0 Å². The number of Topliss-reactive ketones (excluding diaryl/α,β-unsaturated/α-hetero) is 1. The van der Waals surface area contributed by atoms with Crippen molar-refractivity contribution >= 4 is 23.4 Å². The average Bonchev–Trinajstić information content (AvgIpc) is 3.64. The highest BCUT2D eigenvalue weighted by molar-refractivity contribution is 5.88. The molecule has 4 heterocycles. The first-order chi connectivity index (χ1) is 16.2. The quantitative estimate of drug-likeness (QED) is 0.560. The van der Waals surface area contributed by atoms with Crippen LogP contribution >= 0.6 is 0 Å². The molecule has 33 heavy (non-hydrogen) atoms. The molecule has 1 saturated heterocycles. The molecule has 1 unspecified atom stereocenters. The molecule has 2 fully saturated rings. The average molecular weight is 449 g/mol. The molecule has 0 spiro atoms. The summed E-state index contributed by atoms with van der Waals surface area (Å²) in [4.78, 5) is 24.8. The van der Waals surface area contributed by atoms with Gasteiger partial charge in [0.1, 0.15) is 5.82 Å². The van der Waals surface area contributed by atoms with E-state index in [0.717, 1.165) is 61.5 Å². The van der Waals surface area contributed by atoms with Crippen molar-refractivity contribution in [2.24, 2.45) is 0 Å². The summed E-state index contributed by atoms with van der Waals surface area (Å²) in [6, 6.07) is 1.84. The Morgan fingerprint density at radius 3 is 2.91 bits per heavy atom. The van der Waals surface area contributed by atoms with Gasteiger partial charge in [0.05, 0.1) is 18.2 Å². The largest absolute Gasteiger partial charge is 0.428 e. The second-order valence-corrected chi connectivity index (χ2v) is 9.29. The molecule has 6 rings (SSSR count). The first-order valence-corrected chi connectivity index (χ1v) is 12.0. The number of nitrogens with one attached hydrogen (secondary N) is 2. The van der Waals surface area contributed by atoms with Gasteiger partial charge < -0.3 is 14.6 Å². The minimum atomic E-state index is -0.274. The van der Waals surface area contributed by atoms with E-state index in [1.807, 2.05) is 4.90 Å². The Morgan fingerprint density at radius 1 is 1.15 bits per heavy atom. The van der Waals surface area contributed by atoms with E-state index >= 15 is 0 Å². The molecule has 1 saturated carbocycles. The SMILES string of the molecule is O=C(Cc1nnco1)C1CCCN1c1nc2c(c(Nc3cc(C4CCCC4)[nH]n3)n1)CCC2. The third kappa shape index (κ3) is 3.98. The van der Waals surface area contributed by atoms with E-state index in [1.54, 1.807) is 0 Å². The number of aromatic amines is 1. The fraction of sp³-hybridized carbons (Fsp3) is 0.565. The fourth-order valence-electron chi connectivity index (χ4n) is 5.50. The Hall–Kier alpha value is -3.30. The Bertz CT molecular complexity index is 1140. The molecule has 10 heteroatoms. The van der Waals surface area contributed by atoms with E-state index in [0.29, 0.717) is 17.8 Å². The Balaban J connectivity index is 1.25. The Labute approximate surface area is 191 Å². The first-order valence-electron chi connectivity index (χ1n) is 12.0. The second-order valence-electron chi connectivity index (χ2n) is 9.29. The highest BCUT2D eigenvalue weighted by atomic mass is 16.4. The lowest BCUT2D eigenvalue weighted by molar-refractivity contribution is -0.119. The number of rotatable bonds is 7. The third-order valence-corrected chi connectivity index (χ3v) is 7.17. The minimum Gasteiger partial charge on any atom is -0.428 e. The molecule has 1 aliphatic heterocycles. The Morgan fingerprint density at radius 2 is 2.06 bits per heavy atom. The van der Waals surface area contributed by atoms with Crippen LogP contribution in [0.25, 0.3) is 0 Å². The van der Waals surface area contributed by atoms with Gasteiger partial charge in [0.15, 0.2) is 11.6 Å². The lowest BCUT2D eigenvalue weighted by atomic mass is 10.0. The number of fused-ring (bicyclic) bond motifs is 1. The zero-order chi connectivity index (χ0) is 22.2. The summed E-state index contributed by atoms with van der Waals surface area (Å²) < 4.78 is 5.18. The molecule has 172 valence electrons. The van der Waals surface area contributed by atoms with Crippen molar-refractivity contribution < 1.29 is 9.21 Å². The molecule has 2 N–H and O–H groups in total. The highest BCUT2D eigenvalue weighted by Crippen LogP contribution is 2.36. The molecule has 1 atom stereocenters. The van der Waals surface area contributed by atoms with Crippen molar-refractivity contribution in [1.82, 2.24) is 30.4 Å². The van der Waals surface area contributed by atoms with Gasteiger partial charge in [-0.15, -0.1) is 10.2 Å². The van der Waals surface area contributed by atoms with Crippen LogP contribution in [0.2, 0.25) is 0 Å². The number of hydrogen-bond acceptors (Lipinski definition) is 9. The number of aromatic nitrogens is 6. The third-order valence-electron chi connectivity index (χ3n) is 7.17. The van der Waals surface area contributed by atoms with Crippen molar-refractivity contribution in [3.05, 3.63) is 35.3 Å². The number of carbonyl (C=O) groups excluding carboxylic acids is 1. The molecule has 10 nitrogen and oxygen atoms in total. The van der Waals surface area contributed by atoms with Crippen LogP contribution < -0.4 is 10.2 Å². The number of anilines is 3. The number of carbonyl (C=O) groups is 1. The van der Waals surface area contributed by atoms with Gasteiger partial charge in [0.25, 0.3) is 0 Å². The maximum absolute atomic E-state index is 13.0.